The summed E-state index contributed by atoms with van der Waals surface area (Å²) < 4.78 is 5.55. The molecular formula is C21H12N2O2. The predicted octanol–water partition coefficient (Wildman–Crippen LogP) is 4.56. The summed E-state index contributed by atoms with van der Waals surface area (Å²) in [6, 6.07) is 21.2. The number of nitrogens with zero attached hydrogens (tertiary/aromatic N) is 2. The second-order valence-corrected chi connectivity index (χ2v) is 5.89. The van der Waals surface area contributed by atoms with E-state index in [1.807, 2.05) is 66.7 Å². The summed E-state index contributed by atoms with van der Waals surface area (Å²) in [5, 5.41) is 3.98. The van der Waals surface area contributed by atoms with Gasteiger partial charge in [0.25, 0.3) is 0 Å². The zero-order chi connectivity index (χ0) is 16.8. The molecule has 2 aromatic carbocycles. The van der Waals surface area contributed by atoms with Crippen LogP contribution in [-0.2, 0) is 0 Å². The quantitative estimate of drug-likeness (QED) is 0.335. The third-order valence-electron chi connectivity index (χ3n) is 4.38. The van der Waals surface area contributed by atoms with Crippen molar-refractivity contribution in [1.82, 2.24) is 9.97 Å². The minimum Gasteiger partial charge on any atom is -0.422 e. The molecule has 4 nitrogen and oxygen atoms in total. The standard InChI is InChI=1S/C21H12N2O2/c24-21-17(18-9-7-14-5-3-11-22-20(14)23-18)12-16-15-6-2-1-4-13(15)8-10-19(16)25-21/h1-12H. The Hall–Kier alpha value is -3.53. The molecule has 0 saturated carbocycles. The fraction of sp³-hybridized carbons (Fsp3) is 0. The molecule has 0 aliphatic rings. The van der Waals surface area contributed by atoms with Crippen LogP contribution in [-0.4, -0.2) is 9.97 Å². The van der Waals surface area contributed by atoms with Gasteiger partial charge in [-0.2, -0.15) is 0 Å². The zero-order valence-corrected chi connectivity index (χ0v) is 13.1. The molecule has 0 fully saturated rings. The second kappa shape index (κ2) is 5.24. The van der Waals surface area contributed by atoms with E-state index in [9.17, 15) is 4.79 Å². The molecule has 3 heterocycles. The highest BCUT2D eigenvalue weighted by molar-refractivity contribution is 6.06. The summed E-state index contributed by atoms with van der Waals surface area (Å²) in [5.41, 5.74) is 1.79. The van der Waals surface area contributed by atoms with Gasteiger partial charge in [0, 0.05) is 17.0 Å². The molecule has 0 aliphatic heterocycles. The summed E-state index contributed by atoms with van der Waals surface area (Å²) in [4.78, 5) is 21.3. The number of rotatable bonds is 1. The summed E-state index contributed by atoms with van der Waals surface area (Å²) in [6.07, 6.45) is 1.69. The van der Waals surface area contributed by atoms with Gasteiger partial charge in [-0.25, -0.2) is 14.8 Å². The number of pyridine rings is 2. The van der Waals surface area contributed by atoms with Crippen molar-refractivity contribution in [3.05, 3.63) is 83.3 Å². The molecule has 5 aromatic rings. The average Bonchev–Trinajstić information content (AvgIpc) is 2.67. The van der Waals surface area contributed by atoms with Crippen LogP contribution in [0, 0.1) is 0 Å². The van der Waals surface area contributed by atoms with Crippen LogP contribution in [0.2, 0.25) is 0 Å². The molecule has 5 rings (SSSR count). The van der Waals surface area contributed by atoms with E-state index in [-0.39, 0.29) is 0 Å². The molecule has 0 unspecified atom stereocenters. The van der Waals surface area contributed by atoms with Gasteiger partial charge >= 0.3 is 5.63 Å². The third-order valence-corrected chi connectivity index (χ3v) is 4.38. The van der Waals surface area contributed by atoms with Crippen molar-refractivity contribution in [2.75, 3.05) is 0 Å². The topological polar surface area (TPSA) is 56.0 Å². The van der Waals surface area contributed by atoms with E-state index in [2.05, 4.69) is 9.97 Å². The molecule has 0 radical (unpaired) electrons. The van der Waals surface area contributed by atoms with Gasteiger partial charge in [0.15, 0.2) is 5.65 Å². The van der Waals surface area contributed by atoms with E-state index < -0.39 is 5.63 Å². The molecule has 118 valence electrons. The number of hydrogen-bond acceptors (Lipinski definition) is 4. The molecule has 0 spiro atoms. The van der Waals surface area contributed by atoms with Crippen molar-refractivity contribution in [3.8, 4) is 11.3 Å². The lowest BCUT2D eigenvalue weighted by Gasteiger charge is -2.06. The Morgan fingerprint density at radius 1 is 0.800 bits per heavy atom. The van der Waals surface area contributed by atoms with Crippen molar-refractivity contribution >= 4 is 32.8 Å². The average molecular weight is 324 g/mol. The van der Waals surface area contributed by atoms with Crippen LogP contribution in [0.15, 0.2) is 82.1 Å². The third kappa shape index (κ3) is 2.19. The van der Waals surface area contributed by atoms with Crippen LogP contribution in [0.1, 0.15) is 0 Å². The van der Waals surface area contributed by atoms with Crippen LogP contribution in [0.3, 0.4) is 0 Å². The van der Waals surface area contributed by atoms with Gasteiger partial charge in [0.1, 0.15) is 5.58 Å². The lowest BCUT2D eigenvalue weighted by molar-refractivity contribution is 0.563. The zero-order valence-electron chi connectivity index (χ0n) is 13.1. The van der Waals surface area contributed by atoms with Gasteiger partial charge in [-0.15, -0.1) is 0 Å². The molecule has 0 aliphatic carbocycles. The summed E-state index contributed by atoms with van der Waals surface area (Å²) in [7, 11) is 0. The maximum Gasteiger partial charge on any atom is 0.345 e. The van der Waals surface area contributed by atoms with Crippen molar-refractivity contribution in [1.29, 1.82) is 0 Å². The highest BCUT2D eigenvalue weighted by atomic mass is 16.4. The van der Waals surface area contributed by atoms with Crippen LogP contribution < -0.4 is 5.63 Å². The van der Waals surface area contributed by atoms with Crippen LogP contribution in [0.4, 0.5) is 0 Å². The molecular weight excluding hydrogens is 312 g/mol. The fourth-order valence-electron chi connectivity index (χ4n) is 3.15. The van der Waals surface area contributed by atoms with Crippen molar-refractivity contribution in [3.63, 3.8) is 0 Å². The molecule has 0 amide bonds. The molecule has 25 heavy (non-hydrogen) atoms. The first-order valence-corrected chi connectivity index (χ1v) is 7.97. The van der Waals surface area contributed by atoms with Gasteiger partial charge in [-0.3, -0.25) is 0 Å². The monoisotopic (exact) mass is 324 g/mol. The Morgan fingerprint density at radius 3 is 2.60 bits per heavy atom. The van der Waals surface area contributed by atoms with Gasteiger partial charge in [0.2, 0.25) is 0 Å². The van der Waals surface area contributed by atoms with Gasteiger partial charge in [-0.05, 0) is 47.2 Å². The van der Waals surface area contributed by atoms with Crippen LogP contribution in [0.25, 0.3) is 44.0 Å². The Kier molecular flexibility index (Phi) is 2.91. The highest BCUT2D eigenvalue weighted by Gasteiger charge is 2.12. The number of benzene rings is 2. The number of aromatic nitrogens is 2. The number of hydrogen-bond donors (Lipinski definition) is 0. The fourth-order valence-corrected chi connectivity index (χ4v) is 3.15. The van der Waals surface area contributed by atoms with Gasteiger partial charge in [-0.1, -0.05) is 30.3 Å². The SMILES string of the molecule is O=c1oc2ccc3ccccc3c2cc1-c1ccc2cccnc2n1. The maximum absolute atomic E-state index is 12.5. The lowest BCUT2D eigenvalue weighted by atomic mass is 10.0. The highest BCUT2D eigenvalue weighted by Crippen LogP contribution is 2.27. The first kappa shape index (κ1) is 13.9. The van der Waals surface area contributed by atoms with E-state index >= 15 is 0 Å². The molecule has 0 saturated heterocycles. The number of fused-ring (bicyclic) bond motifs is 4. The largest absolute Gasteiger partial charge is 0.422 e. The summed E-state index contributed by atoms with van der Waals surface area (Å²) in [6.45, 7) is 0. The van der Waals surface area contributed by atoms with Crippen LogP contribution in [0.5, 0.6) is 0 Å². The van der Waals surface area contributed by atoms with E-state index in [4.69, 9.17) is 4.42 Å². The van der Waals surface area contributed by atoms with E-state index in [1.54, 1.807) is 6.20 Å². The maximum atomic E-state index is 12.5. The van der Waals surface area contributed by atoms with Crippen molar-refractivity contribution in [2.24, 2.45) is 0 Å². The Morgan fingerprint density at radius 2 is 1.64 bits per heavy atom. The Bertz CT molecular complexity index is 1320. The molecule has 0 atom stereocenters. The van der Waals surface area contributed by atoms with Gasteiger partial charge < -0.3 is 4.42 Å². The van der Waals surface area contributed by atoms with Crippen molar-refractivity contribution < 1.29 is 4.42 Å². The van der Waals surface area contributed by atoms with E-state index in [0.717, 1.165) is 21.5 Å². The minimum absolute atomic E-state index is 0.398. The lowest BCUT2D eigenvalue weighted by Crippen LogP contribution is -2.04. The summed E-state index contributed by atoms with van der Waals surface area (Å²) >= 11 is 0. The Balaban J connectivity index is 1.83. The molecule has 4 heteroatoms. The van der Waals surface area contributed by atoms with Gasteiger partial charge in [0.05, 0.1) is 11.3 Å². The van der Waals surface area contributed by atoms with E-state index in [0.29, 0.717) is 22.5 Å². The summed E-state index contributed by atoms with van der Waals surface area (Å²) in [5.74, 6) is 0. The molecule has 0 bridgehead atoms. The molecule has 0 N–H and O–H groups in total. The normalized spacial score (nSPS) is 11.4. The second-order valence-electron chi connectivity index (χ2n) is 5.89. The van der Waals surface area contributed by atoms with Crippen molar-refractivity contribution in [2.45, 2.75) is 0 Å². The van der Waals surface area contributed by atoms with Crippen LogP contribution >= 0.6 is 0 Å². The van der Waals surface area contributed by atoms with E-state index in [1.165, 1.54) is 0 Å². The minimum atomic E-state index is -0.398. The predicted molar refractivity (Wildman–Crippen MR) is 98.5 cm³/mol. The smallest absolute Gasteiger partial charge is 0.345 e. The molecule has 3 aromatic heterocycles. The first-order chi connectivity index (χ1) is 12.3. The Labute approximate surface area is 142 Å². The first-order valence-electron chi connectivity index (χ1n) is 7.97.